The number of halogens is 1. The third-order valence-corrected chi connectivity index (χ3v) is 3.96. The van der Waals surface area contributed by atoms with Crippen molar-refractivity contribution in [3.63, 3.8) is 0 Å². The summed E-state index contributed by atoms with van der Waals surface area (Å²) in [5.74, 6) is 0.730. The third kappa shape index (κ3) is 3.57. The van der Waals surface area contributed by atoms with E-state index in [1.807, 2.05) is 13.8 Å². The number of aromatic nitrogens is 2. The Balaban J connectivity index is 1.97. The standard InChI is InChI=1S/C14H22ClN3O/c1-10(2)18-14(12(15)9-17-18)13(19)6-5-11-4-3-7-16-8-11/h9-11,16H,3-8H2,1-2H3. The van der Waals surface area contributed by atoms with Gasteiger partial charge in [-0.25, -0.2) is 0 Å². The fourth-order valence-corrected chi connectivity index (χ4v) is 2.85. The number of Topliss-reactive ketones (excluding diaryl/α,β-unsaturated/α-hetero) is 1. The molecule has 0 bridgehead atoms. The Morgan fingerprint density at radius 3 is 3.05 bits per heavy atom. The molecule has 1 aliphatic heterocycles. The molecule has 1 fully saturated rings. The Hall–Kier alpha value is -0.870. The molecular formula is C14H22ClN3O. The smallest absolute Gasteiger partial charge is 0.182 e. The van der Waals surface area contributed by atoms with Crippen LogP contribution in [0.3, 0.4) is 0 Å². The first-order valence-electron chi connectivity index (χ1n) is 7.06. The summed E-state index contributed by atoms with van der Waals surface area (Å²) in [4.78, 5) is 12.3. The fraction of sp³-hybridized carbons (Fsp3) is 0.714. The van der Waals surface area contributed by atoms with Crippen molar-refractivity contribution < 1.29 is 4.79 Å². The van der Waals surface area contributed by atoms with E-state index in [4.69, 9.17) is 11.6 Å². The molecule has 1 atom stereocenters. The van der Waals surface area contributed by atoms with Crippen LogP contribution in [0.15, 0.2) is 6.20 Å². The van der Waals surface area contributed by atoms with Gasteiger partial charge in [-0.1, -0.05) is 11.6 Å². The molecule has 1 aromatic rings. The molecule has 1 unspecified atom stereocenters. The lowest BCUT2D eigenvalue weighted by atomic mass is 9.93. The van der Waals surface area contributed by atoms with E-state index in [0.717, 1.165) is 19.5 Å². The van der Waals surface area contributed by atoms with Gasteiger partial charge in [-0.3, -0.25) is 9.48 Å². The van der Waals surface area contributed by atoms with Crippen molar-refractivity contribution >= 4 is 17.4 Å². The van der Waals surface area contributed by atoms with Gasteiger partial charge in [0.05, 0.1) is 11.2 Å². The van der Waals surface area contributed by atoms with Crippen LogP contribution in [-0.2, 0) is 0 Å². The van der Waals surface area contributed by atoms with E-state index in [0.29, 0.717) is 23.1 Å². The largest absolute Gasteiger partial charge is 0.316 e. The number of hydrogen-bond donors (Lipinski definition) is 1. The maximum Gasteiger partial charge on any atom is 0.182 e. The molecule has 1 saturated heterocycles. The number of rotatable bonds is 5. The Morgan fingerprint density at radius 2 is 2.42 bits per heavy atom. The first-order chi connectivity index (χ1) is 9.09. The van der Waals surface area contributed by atoms with E-state index in [-0.39, 0.29) is 11.8 Å². The molecule has 0 saturated carbocycles. The molecule has 1 aliphatic rings. The van der Waals surface area contributed by atoms with Gasteiger partial charge in [0.1, 0.15) is 5.69 Å². The van der Waals surface area contributed by atoms with Crippen LogP contribution >= 0.6 is 11.6 Å². The van der Waals surface area contributed by atoms with Crippen LogP contribution in [0.1, 0.15) is 56.1 Å². The van der Waals surface area contributed by atoms with Crippen molar-refractivity contribution in [2.75, 3.05) is 13.1 Å². The van der Waals surface area contributed by atoms with Gasteiger partial charge in [-0.05, 0) is 52.1 Å². The van der Waals surface area contributed by atoms with Crippen molar-refractivity contribution in [3.8, 4) is 0 Å². The van der Waals surface area contributed by atoms with E-state index in [1.54, 1.807) is 10.9 Å². The summed E-state index contributed by atoms with van der Waals surface area (Å²) in [5, 5.41) is 8.03. The van der Waals surface area contributed by atoms with E-state index in [9.17, 15) is 4.79 Å². The Bertz CT molecular complexity index is 436. The highest BCUT2D eigenvalue weighted by Gasteiger charge is 2.21. The highest BCUT2D eigenvalue weighted by molar-refractivity contribution is 6.33. The zero-order chi connectivity index (χ0) is 13.8. The van der Waals surface area contributed by atoms with Gasteiger partial charge in [0.25, 0.3) is 0 Å². The average molecular weight is 284 g/mol. The molecule has 2 rings (SSSR count). The lowest BCUT2D eigenvalue weighted by Gasteiger charge is -2.22. The molecule has 1 N–H and O–H groups in total. The first kappa shape index (κ1) is 14.5. The molecule has 4 nitrogen and oxygen atoms in total. The number of nitrogens with zero attached hydrogens (tertiary/aromatic N) is 2. The van der Waals surface area contributed by atoms with Gasteiger partial charge in [-0.2, -0.15) is 5.10 Å². The normalized spacial score (nSPS) is 19.9. The van der Waals surface area contributed by atoms with Crippen LogP contribution in [0.4, 0.5) is 0 Å². The van der Waals surface area contributed by atoms with Gasteiger partial charge in [0, 0.05) is 12.5 Å². The Morgan fingerprint density at radius 1 is 1.63 bits per heavy atom. The van der Waals surface area contributed by atoms with Crippen molar-refractivity contribution in [3.05, 3.63) is 16.9 Å². The summed E-state index contributed by atoms with van der Waals surface area (Å²) in [7, 11) is 0. The van der Waals surface area contributed by atoms with E-state index < -0.39 is 0 Å². The minimum atomic E-state index is 0.113. The van der Waals surface area contributed by atoms with E-state index in [2.05, 4.69) is 10.4 Å². The SMILES string of the molecule is CC(C)n1ncc(Cl)c1C(=O)CCC1CCCNC1. The molecular weight excluding hydrogens is 262 g/mol. The second-order valence-corrected chi connectivity index (χ2v) is 5.96. The molecule has 19 heavy (non-hydrogen) atoms. The number of piperidine rings is 1. The second-order valence-electron chi connectivity index (χ2n) is 5.55. The predicted molar refractivity (Wildman–Crippen MR) is 76.8 cm³/mol. The average Bonchev–Trinajstić information content (AvgIpc) is 2.79. The molecule has 1 aromatic heterocycles. The van der Waals surface area contributed by atoms with Gasteiger partial charge < -0.3 is 5.32 Å². The zero-order valence-corrected chi connectivity index (χ0v) is 12.4. The van der Waals surface area contributed by atoms with Crippen molar-refractivity contribution in [1.29, 1.82) is 0 Å². The second kappa shape index (κ2) is 6.53. The minimum Gasteiger partial charge on any atom is -0.316 e. The van der Waals surface area contributed by atoms with Crippen molar-refractivity contribution in [2.45, 2.75) is 45.6 Å². The van der Waals surface area contributed by atoms with Crippen LogP contribution in [0.2, 0.25) is 5.02 Å². The minimum absolute atomic E-state index is 0.113. The summed E-state index contributed by atoms with van der Waals surface area (Å²) >= 11 is 6.09. The summed E-state index contributed by atoms with van der Waals surface area (Å²) in [5.41, 5.74) is 0.570. The summed E-state index contributed by atoms with van der Waals surface area (Å²) < 4.78 is 1.73. The van der Waals surface area contributed by atoms with Crippen molar-refractivity contribution in [1.82, 2.24) is 15.1 Å². The van der Waals surface area contributed by atoms with E-state index >= 15 is 0 Å². The Labute approximate surface area is 119 Å². The summed E-state index contributed by atoms with van der Waals surface area (Å²) in [6.45, 7) is 6.15. The fourth-order valence-electron chi connectivity index (χ4n) is 2.62. The first-order valence-corrected chi connectivity index (χ1v) is 7.44. The molecule has 0 amide bonds. The van der Waals surface area contributed by atoms with Gasteiger partial charge in [0.2, 0.25) is 0 Å². The number of ketones is 1. The lowest BCUT2D eigenvalue weighted by Crippen LogP contribution is -2.30. The summed E-state index contributed by atoms with van der Waals surface area (Å²) in [6.07, 6.45) is 5.49. The van der Waals surface area contributed by atoms with Crippen LogP contribution < -0.4 is 5.32 Å². The highest BCUT2D eigenvalue weighted by Crippen LogP contribution is 2.23. The molecule has 0 spiro atoms. The van der Waals surface area contributed by atoms with Gasteiger partial charge >= 0.3 is 0 Å². The zero-order valence-electron chi connectivity index (χ0n) is 11.7. The molecule has 2 heterocycles. The molecule has 5 heteroatoms. The van der Waals surface area contributed by atoms with Gasteiger partial charge in [-0.15, -0.1) is 0 Å². The van der Waals surface area contributed by atoms with Crippen LogP contribution in [-0.4, -0.2) is 28.7 Å². The number of carbonyl (C=O) groups excluding carboxylic acids is 1. The molecule has 0 radical (unpaired) electrons. The molecule has 0 aromatic carbocycles. The number of hydrogen-bond acceptors (Lipinski definition) is 3. The van der Waals surface area contributed by atoms with E-state index in [1.165, 1.54) is 12.8 Å². The van der Waals surface area contributed by atoms with Gasteiger partial charge in [0.15, 0.2) is 5.78 Å². The van der Waals surface area contributed by atoms with Crippen LogP contribution in [0.5, 0.6) is 0 Å². The van der Waals surface area contributed by atoms with Crippen molar-refractivity contribution in [2.24, 2.45) is 5.92 Å². The monoisotopic (exact) mass is 283 g/mol. The van der Waals surface area contributed by atoms with Crippen LogP contribution in [0.25, 0.3) is 0 Å². The quantitative estimate of drug-likeness (QED) is 0.845. The maximum atomic E-state index is 12.3. The number of carbonyl (C=O) groups is 1. The number of nitrogens with one attached hydrogen (secondary N) is 1. The lowest BCUT2D eigenvalue weighted by molar-refractivity contribution is 0.0959. The summed E-state index contributed by atoms with van der Waals surface area (Å²) in [6, 6.07) is 0.155. The topological polar surface area (TPSA) is 46.9 Å². The highest BCUT2D eigenvalue weighted by atomic mass is 35.5. The maximum absolute atomic E-state index is 12.3. The predicted octanol–water partition coefficient (Wildman–Crippen LogP) is 3.08. The third-order valence-electron chi connectivity index (χ3n) is 3.68. The Kier molecular flexibility index (Phi) is 4.99. The van der Waals surface area contributed by atoms with Crippen LogP contribution in [0, 0.1) is 5.92 Å². The molecule has 0 aliphatic carbocycles. The molecule has 106 valence electrons.